The fraction of sp³-hybridized carbons (Fsp3) is 0.176. The number of urea groups is 1. The number of β-lactam (4-membered cyclic amide) rings is 1. The van der Waals surface area contributed by atoms with E-state index in [1.807, 2.05) is 54.6 Å². The first-order valence-corrected chi connectivity index (χ1v) is 8.87. The lowest BCUT2D eigenvalue weighted by Gasteiger charge is -2.37. The topological polar surface area (TPSA) is 49.4 Å². The number of imide groups is 1. The zero-order chi connectivity index (χ0) is 16.2. The van der Waals surface area contributed by atoms with E-state index in [0.29, 0.717) is 13.0 Å². The average Bonchev–Trinajstić information content (AvgIpc) is 2.53. The fourth-order valence-corrected chi connectivity index (χ4v) is 4.04. The van der Waals surface area contributed by atoms with Crippen LogP contribution in [-0.2, 0) is 11.3 Å². The van der Waals surface area contributed by atoms with Gasteiger partial charge >= 0.3 is 6.03 Å². The van der Waals surface area contributed by atoms with Crippen molar-refractivity contribution in [1.82, 2.24) is 10.2 Å². The van der Waals surface area contributed by atoms with Gasteiger partial charge in [-0.05, 0) is 23.8 Å². The maximum Gasteiger partial charge on any atom is 0.325 e. The smallest absolute Gasteiger partial charge is 0.325 e. The molecule has 2 aromatic rings. The highest BCUT2D eigenvalue weighted by Crippen LogP contribution is 2.35. The molecule has 0 radical (unpaired) electrons. The van der Waals surface area contributed by atoms with E-state index >= 15 is 0 Å². The third kappa shape index (κ3) is 3.95. The lowest BCUT2D eigenvalue weighted by atomic mass is 10.2. The van der Waals surface area contributed by atoms with Gasteiger partial charge in [0, 0.05) is 15.9 Å². The summed E-state index contributed by atoms with van der Waals surface area (Å²) in [5.74, 6) is -0.136. The van der Waals surface area contributed by atoms with Gasteiger partial charge in [-0.2, -0.15) is 0 Å². The van der Waals surface area contributed by atoms with E-state index in [1.165, 1.54) is 16.7 Å². The van der Waals surface area contributed by atoms with Crippen molar-refractivity contribution in [2.75, 3.05) is 0 Å². The predicted molar refractivity (Wildman–Crippen MR) is 93.9 cm³/mol. The van der Waals surface area contributed by atoms with Gasteiger partial charge in [-0.25, -0.2) is 4.79 Å². The number of rotatable bonds is 4. The molecule has 6 heteroatoms. The first-order valence-electron chi connectivity index (χ1n) is 7.19. The number of amides is 3. The SMILES string of the molecule is O=C1CC(Sc2cccc(Br)c2)N1C(=O)NCc1ccccc1. The highest BCUT2D eigenvalue weighted by molar-refractivity contribution is 9.10. The van der Waals surface area contributed by atoms with Crippen LogP contribution in [0.3, 0.4) is 0 Å². The molecule has 1 fully saturated rings. The molecule has 2 aromatic carbocycles. The summed E-state index contributed by atoms with van der Waals surface area (Å²) in [5.41, 5.74) is 1.00. The zero-order valence-electron chi connectivity index (χ0n) is 12.2. The number of nitrogens with zero attached hydrogens (tertiary/aromatic N) is 1. The summed E-state index contributed by atoms with van der Waals surface area (Å²) in [6, 6.07) is 17.1. The van der Waals surface area contributed by atoms with Gasteiger partial charge in [0.1, 0.15) is 5.37 Å². The van der Waals surface area contributed by atoms with E-state index in [0.717, 1.165) is 14.9 Å². The molecular formula is C17H15BrN2O2S. The van der Waals surface area contributed by atoms with Crippen LogP contribution < -0.4 is 5.32 Å². The minimum Gasteiger partial charge on any atom is -0.334 e. The molecule has 23 heavy (non-hydrogen) atoms. The summed E-state index contributed by atoms with van der Waals surface area (Å²) in [6.07, 6.45) is 0.385. The molecule has 1 heterocycles. The van der Waals surface area contributed by atoms with Gasteiger partial charge in [-0.1, -0.05) is 64.1 Å². The highest BCUT2D eigenvalue weighted by atomic mass is 79.9. The summed E-state index contributed by atoms with van der Waals surface area (Å²) in [7, 11) is 0. The Balaban J connectivity index is 1.59. The number of carbonyl (C=O) groups is 2. The van der Waals surface area contributed by atoms with Crippen LogP contribution in [0.5, 0.6) is 0 Å². The van der Waals surface area contributed by atoms with Gasteiger partial charge in [0.05, 0.1) is 6.42 Å². The second-order valence-electron chi connectivity index (χ2n) is 5.14. The predicted octanol–water partition coefficient (Wildman–Crippen LogP) is 4.01. The van der Waals surface area contributed by atoms with Crippen molar-refractivity contribution in [3.8, 4) is 0 Å². The average molecular weight is 391 g/mol. The highest BCUT2D eigenvalue weighted by Gasteiger charge is 2.41. The molecule has 0 bridgehead atoms. The van der Waals surface area contributed by atoms with E-state index in [1.54, 1.807) is 0 Å². The molecule has 4 nitrogen and oxygen atoms in total. The lowest BCUT2D eigenvalue weighted by Crippen LogP contribution is -2.57. The Hall–Kier alpha value is -1.79. The molecule has 1 aliphatic heterocycles. The second-order valence-corrected chi connectivity index (χ2v) is 7.31. The number of likely N-dealkylation sites (tertiary alicyclic amines) is 1. The van der Waals surface area contributed by atoms with E-state index in [2.05, 4.69) is 21.2 Å². The maximum atomic E-state index is 12.2. The Labute approximate surface area is 147 Å². The zero-order valence-corrected chi connectivity index (χ0v) is 14.6. The molecule has 118 valence electrons. The number of nitrogens with one attached hydrogen (secondary N) is 1. The Kier molecular flexibility index (Phi) is 5.03. The summed E-state index contributed by atoms with van der Waals surface area (Å²) in [4.78, 5) is 26.4. The molecule has 1 unspecified atom stereocenters. The van der Waals surface area contributed by atoms with Crippen molar-refractivity contribution in [2.24, 2.45) is 0 Å². The largest absolute Gasteiger partial charge is 0.334 e. The summed E-state index contributed by atoms with van der Waals surface area (Å²) in [5, 5.41) is 2.66. The standard InChI is InChI=1S/C17H15BrN2O2S/c18-13-7-4-8-14(9-13)23-16-10-15(21)20(16)17(22)19-11-12-5-2-1-3-6-12/h1-9,16H,10-11H2,(H,19,22). The molecule has 0 aromatic heterocycles. The number of thioether (sulfide) groups is 1. The van der Waals surface area contributed by atoms with E-state index in [-0.39, 0.29) is 17.3 Å². The summed E-state index contributed by atoms with van der Waals surface area (Å²) >= 11 is 4.95. The van der Waals surface area contributed by atoms with Crippen LogP contribution in [0, 0.1) is 0 Å². The Morgan fingerprint density at radius 3 is 2.70 bits per heavy atom. The van der Waals surface area contributed by atoms with E-state index < -0.39 is 0 Å². The van der Waals surface area contributed by atoms with Crippen LogP contribution in [0.15, 0.2) is 64.0 Å². The van der Waals surface area contributed by atoms with Gasteiger partial charge in [0.2, 0.25) is 5.91 Å². The third-order valence-electron chi connectivity index (χ3n) is 3.48. The Morgan fingerprint density at radius 2 is 2.00 bits per heavy atom. The van der Waals surface area contributed by atoms with Gasteiger partial charge in [-0.3, -0.25) is 9.69 Å². The molecular weight excluding hydrogens is 376 g/mol. The van der Waals surface area contributed by atoms with Gasteiger partial charge in [-0.15, -0.1) is 0 Å². The normalized spacial score (nSPS) is 16.8. The van der Waals surface area contributed by atoms with Crippen molar-refractivity contribution in [3.05, 3.63) is 64.6 Å². The molecule has 1 aliphatic rings. The molecule has 3 amide bonds. The van der Waals surface area contributed by atoms with Gasteiger partial charge in [0.25, 0.3) is 0 Å². The molecule has 0 saturated carbocycles. The first kappa shape index (κ1) is 16.1. The quantitative estimate of drug-likeness (QED) is 0.802. The van der Waals surface area contributed by atoms with Crippen molar-refractivity contribution < 1.29 is 9.59 Å². The number of hydrogen-bond donors (Lipinski definition) is 1. The third-order valence-corrected chi connectivity index (χ3v) is 5.15. The van der Waals surface area contributed by atoms with Gasteiger partial charge in [0.15, 0.2) is 0 Å². The minimum absolute atomic E-state index is 0.136. The van der Waals surface area contributed by atoms with Crippen LogP contribution in [0.4, 0.5) is 4.79 Å². The molecule has 3 rings (SSSR count). The molecule has 0 spiro atoms. The van der Waals surface area contributed by atoms with Crippen molar-refractivity contribution in [2.45, 2.75) is 23.2 Å². The van der Waals surface area contributed by atoms with Crippen LogP contribution >= 0.6 is 27.7 Å². The van der Waals surface area contributed by atoms with Crippen molar-refractivity contribution in [1.29, 1.82) is 0 Å². The maximum absolute atomic E-state index is 12.2. The summed E-state index contributed by atoms with van der Waals surface area (Å²) in [6.45, 7) is 0.414. The summed E-state index contributed by atoms with van der Waals surface area (Å²) < 4.78 is 0.980. The molecule has 1 atom stereocenters. The number of carbonyl (C=O) groups excluding carboxylic acids is 2. The monoisotopic (exact) mass is 390 g/mol. The molecule has 1 N–H and O–H groups in total. The van der Waals surface area contributed by atoms with E-state index in [4.69, 9.17) is 0 Å². The molecule has 0 aliphatic carbocycles. The Morgan fingerprint density at radius 1 is 1.22 bits per heavy atom. The number of hydrogen-bond acceptors (Lipinski definition) is 3. The number of benzene rings is 2. The lowest BCUT2D eigenvalue weighted by molar-refractivity contribution is -0.137. The minimum atomic E-state index is -0.336. The van der Waals surface area contributed by atoms with Gasteiger partial charge < -0.3 is 5.32 Å². The first-order chi connectivity index (χ1) is 11.1. The Bertz CT molecular complexity index is 724. The second kappa shape index (κ2) is 7.19. The van der Waals surface area contributed by atoms with Crippen LogP contribution in [0.2, 0.25) is 0 Å². The van der Waals surface area contributed by atoms with Crippen LogP contribution in [0.1, 0.15) is 12.0 Å². The van der Waals surface area contributed by atoms with Crippen molar-refractivity contribution >= 4 is 39.6 Å². The van der Waals surface area contributed by atoms with Crippen LogP contribution in [0.25, 0.3) is 0 Å². The fourth-order valence-electron chi connectivity index (χ4n) is 2.28. The van der Waals surface area contributed by atoms with Crippen molar-refractivity contribution in [3.63, 3.8) is 0 Å². The molecule has 1 saturated heterocycles. The van der Waals surface area contributed by atoms with Crippen LogP contribution in [-0.4, -0.2) is 22.2 Å². The van der Waals surface area contributed by atoms with E-state index in [9.17, 15) is 9.59 Å². The number of halogens is 1.